The van der Waals surface area contributed by atoms with Crippen LogP contribution in [0.15, 0.2) is 201 Å². The Hall–Kier alpha value is -8.15. The van der Waals surface area contributed by atoms with Gasteiger partial charge >= 0.3 is 0 Å². The Bertz CT molecular complexity index is 3440. The largest absolute Gasteiger partial charge is 0.316 e. The molecule has 0 bridgehead atoms. The third kappa shape index (κ3) is 7.09. The van der Waals surface area contributed by atoms with E-state index in [4.69, 9.17) is 15.0 Å². The number of para-hydroxylation sites is 1. The van der Waals surface area contributed by atoms with Gasteiger partial charge in [-0.25, -0.2) is 15.0 Å². The molecule has 6 aromatic carbocycles. The lowest BCUT2D eigenvalue weighted by Gasteiger charge is -2.12. The van der Waals surface area contributed by atoms with Crippen molar-refractivity contribution in [3.05, 3.63) is 229 Å². The lowest BCUT2D eigenvalue weighted by Crippen LogP contribution is -2.14. The molecule has 0 saturated carbocycles. The van der Waals surface area contributed by atoms with Crippen LogP contribution in [0.25, 0.3) is 95.6 Å². The first-order valence-electron chi connectivity index (χ1n) is 21.4. The number of nitrogens with zero attached hydrogens (tertiary/aromatic N) is 5. The standard InChI is InChI=1S/C58H45N5/c1-5-39-28-29-46-38-52-50(34-35-62(52)48-26-17-12-18-27-48)55-54(46)53(39)51(8-4)63(55)49-32-30-44(31-33-49)57-59-56(41(7-3)36-40(6-2)42-20-15-11-16-21-42)60-58(61-57)47-25-19-24-45(37-47)43-22-13-9-10-14-23-43/h5-13,15-38H,1,3,14H2,2,4H3/b40-6+,41-36+,51-8+. The van der Waals surface area contributed by atoms with Gasteiger partial charge in [-0.15, -0.1) is 0 Å². The molecule has 5 nitrogen and oxygen atoms in total. The average Bonchev–Trinajstić information content (AvgIpc) is 3.80. The summed E-state index contributed by atoms with van der Waals surface area (Å²) in [5.41, 5.74) is 12.6. The third-order valence-corrected chi connectivity index (χ3v) is 11.9. The van der Waals surface area contributed by atoms with Gasteiger partial charge < -0.3 is 9.13 Å². The van der Waals surface area contributed by atoms with Crippen LogP contribution in [-0.2, 0) is 0 Å². The minimum absolute atomic E-state index is 0.549. The molecule has 302 valence electrons. The Kier molecular flexibility index (Phi) is 10.4. The van der Waals surface area contributed by atoms with E-state index in [1.807, 2.05) is 37.3 Å². The first kappa shape index (κ1) is 39.0. The number of fused-ring (bicyclic) bond motifs is 2. The summed E-state index contributed by atoms with van der Waals surface area (Å²) in [5, 5.41) is 5.90. The second-order valence-electron chi connectivity index (χ2n) is 15.6. The number of hydrogen-bond donors (Lipinski definition) is 0. The Morgan fingerprint density at radius 3 is 2.17 bits per heavy atom. The molecule has 0 N–H and O–H groups in total. The summed E-state index contributed by atoms with van der Waals surface area (Å²) in [4.78, 5) is 15.5. The maximum Gasteiger partial charge on any atom is 0.164 e. The Labute approximate surface area is 367 Å². The number of benzene rings is 6. The minimum Gasteiger partial charge on any atom is -0.316 e. The molecule has 0 spiro atoms. The van der Waals surface area contributed by atoms with Crippen molar-refractivity contribution < 1.29 is 0 Å². The molecular weight excluding hydrogens is 767 g/mol. The third-order valence-electron chi connectivity index (χ3n) is 11.9. The predicted octanol–water partition coefficient (Wildman–Crippen LogP) is 14.0. The first-order valence-corrected chi connectivity index (χ1v) is 21.4. The monoisotopic (exact) mass is 811 g/mol. The number of hydrogen-bond acceptors (Lipinski definition) is 3. The van der Waals surface area contributed by atoms with Gasteiger partial charge in [-0.1, -0.05) is 147 Å². The Morgan fingerprint density at radius 2 is 1.43 bits per heavy atom. The molecule has 0 radical (unpaired) electrons. The number of aromatic nitrogens is 5. The van der Waals surface area contributed by atoms with Gasteiger partial charge in [0.2, 0.25) is 0 Å². The van der Waals surface area contributed by atoms with Crippen LogP contribution in [-0.4, -0.2) is 24.1 Å². The average molecular weight is 812 g/mol. The van der Waals surface area contributed by atoms with Crippen LogP contribution in [0.5, 0.6) is 0 Å². The van der Waals surface area contributed by atoms with E-state index in [0.717, 1.165) is 78.7 Å². The molecular formula is C58H45N5. The molecule has 1 aliphatic carbocycles. The molecule has 10 rings (SSSR count). The van der Waals surface area contributed by atoms with Gasteiger partial charge in [-0.2, -0.15) is 0 Å². The van der Waals surface area contributed by atoms with E-state index < -0.39 is 0 Å². The maximum atomic E-state index is 5.18. The molecule has 63 heavy (non-hydrogen) atoms. The van der Waals surface area contributed by atoms with Crippen LogP contribution in [0.2, 0.25) is 0 Å². The fourth-order valence-corrected chi connectivity index (χ4v) is 8.85. The predicted molar refractivity (Wildman–Crippen MR) is 266 cm³/mol. The zero-order valence-corrected chi connectivity index (χ0v) is 35.4. The van der Waals surface area contributed by atoms with Crippen LogP contribution in [0.1, 0.15) is 42.8 Å². The Morgan fingerprint density at radius 1 is 0.667 bits per heavy atom. The molecule has 5 heteroatoms. The highest BCUT2D eigenvalue weighted by molar-refractivity contribution is 6.22. The number of allylic oxidation sites excluding steroid dienone is 11. The normalized spacial score (nSPS) is 13.6. The van der Waals surface area contributed by atoms with E-state index in [9.17, 15) is 0 Å². The van der Waals surface area contributed by atoms with Crippen molar-refractivity contribution in [2.24, 2.45) is 0 Å². The van der Waals surface area contributed by atoms with Crippen LogP contribution in [0.3, 0.4) is 0 Å². The van der Waals surface area contributed by atoms with Crippen molar-refractivity contribution in [3.8, 4) is 34.2 Å². The fraction of sp³-hybridized carbons (Fsp3) is 0.0517. The van der Waals surface area contributed by atoms with Gasteiger partial charge in [0.05, 0.1) is 16.4 Å². The molecule has 1 aliphatic rings. The fourth-order valence-electron chi connectivity index (χ4n) is 8.85. The maximum absolute atomic E-state index is 5.18. The Balaban J connectivity index is 1.14. The van der Waals surface area contributed by atoms with Gasteiger partial charge in [0.1, 0.15) is 0 Å². The lowest BCUT2D eigenvalue weighted by atomic mass is 10.0. The molecule has 0 saturated heterocycles. The lowest BCUT2D eigenvalue weighted by molar-refractivity contribution is 1.04. The number of rotatable bonds is 10. The van der Waals surface area contributed by atoms with Crippen molar-refractivity contribution in [2.45, 2.75) is 20.3 Å². The minimum atomic E-state index is 0.549. The zero-order valence-electron chi connectivity index (χ0n) is 35.4. The highest BCUT2D eigenvalue weighted by Gasteiger charge is 2.21. The molecule has 0 fully saturated rings. The SMILES string of the molecule is C=C/C(=C\C(=C/C)c1ccccc1)c1nc(-c2ccc(-n3/c(=C/C)c4c(C=C)ccc5cc6c(ccn6-c6ccccc6)c3c54)cc2)nc(-c2cccc(C3=CCC=CC=C3)c2)n1. The molecule has 0 amide bonds. The zero-order chi connectivity index (χ0) is 42.9. The van der Waals surface area contributed by atoms with Crippen LogP contribution in [0, 0.1) is 0 Å². The van der Waals surface area contributed by atoms with Crippen molar-refractivity contribution in [1.29, 1.82) is 0 Å². The molecule has 0 atom stereocenters. The highest BCUT2D eigenvalue weighted by atomic mass is 15.0. The van der Waals surface area contributed by atoms with Crippen molar-refractivity contribution in [3.63, 3.8) is 0 Å². The second kappa shape index (κ2) is 16.7. The van der Waals surface area contributed by atoms with E-state index in [-0.39, 0.29) is 0 Å². The van der Waals surface area contributed by atoms with E-state index >= 15 is 0 Å². The van der Waals surface area contributed by atoms with E-state index in [0.29, 0.717) is 17.5 Å². The van der Waals surface area contributed by atoms with Crippen molar-refractivity contribution in [2.75, 3.05) is 0 Å². The van der Waals surface area contributed by atoms with E-state index in [2.05, 4.69) is 199 Å². The summed E-state index contributed by atoms with van der Waals surface area (Å²) in [5.74, 6) is 1.72. The highest BCUT2D eigenvalue weighted by Crippen LogP contribution is 2.38. The van der Waals surface area contributed by atoms with Crippen LogP contribution in [0.4, 0.5) is 0 Å². The second-order valence-corrected chi connectivity index (χ2v) is 15.6. The van der Waals surface area contributed by atoms with Gasteiger partial charge in [0.25, 0.3) is 0 Å². The van der Waals surface area contributed by atoms with Crippen molar-refractivity contribution >= 4 is 61.4 Å². The van der Waals surface area contributed by atoms with Gasteiger partial charge in [0, 0.05) is 50.4 Å². The van der Waals surface area contributed by atoms with E-state index in [1.54, 1.807) is 0 Å². The summed E-state index contributed by atoms with van der Waals surface area (Å²) in [7, 11) is 0. The van der Waals surface area contributed by atoms with Crippen molar-refractivity contribution in [1.82, 2.24) is 24.1 Å². The topological polar surface area (TPSA) is 48.5 Å². The van der Waals surface area contributed by atoms with Crippen LogP contribution >= 0.6 is 0 Å². The summed E-state index contributed by atoms with van der Waals surface area (Å²) in [6.07, 6.45) is 24.0. The summed E-state index contributed by atoms with van der Waals surface area (Å²) in [6.45, 7) is 12.6. The molecule has 3 aromatic heterocycles. The molecule has 9 aromatic rings. The quantitative estimate of drug-likeness (QED) is 0.129. The van der Waals surface area contributed by atoms with Gasteiger partial charge in [-0.3, -0.25) is 0 Å². The van der Waals surface area contributed by atoms with Gasteiger partial charge in [-0.05, 0) is 114 Å². The summed E-state index contributed by atoms with van der Waals surface area (Å²) < 4.78 is 4.67. The van der Waals surface area contributed by atoms with Crippen LogP contribution < -0.4 is 5.35 Å². The summed E-state index contributed by atoms with van der Waals surface area (Å²) in [6, 6.07) is 46.9. The molecule has 0 unspecified atom stereocenters. The van der Waals surface area contributed by atoms with E-state index in [1.165, 1.54) is 21.5 Å². The molecule has 0 aliphatic heterocycles. The van der Waals surface area contributed by atoms with Gasteiger partial charge in [0.15, 0.2) is 17.5 Å². The summed E-state index contributed by atoms with van der Waals surface area (Å²) >= 11 is 0. The molecule has 3 heterocycles. The smallest absolute Gasteiger partial charge is 0.164 e. The first-order chi connectivity index (χ1) is 31.1.